The summed E-state index contributed by atoms with van der Waals surface area (Å²) in [5.41, 5.74) is 6.02. The Bertz CT molecular complexity index is 1060. The number of carbonyl (C=O) groups is 3. The van der Waals surface area contributed by atoms with Crippen LogP contribution in [-0.4, -0.2) is 60.4 Å². The fraction of sp³-hybridized carbons (Fsp3) is 0.423. The van der Waals surface area contributed by atoms with Gasteiger partial charge in [0.05, 0.1) is 0 Å². The number of nitrogens with one attached hydrogen (secondary N) is 1. The standard InChI is InChI=1S/C26H32ClN3O6/c1-17(35-25(33)30-15-13-21(28)16-30)34-24(32)26(2,3)36-22-10-4-18(5-11-22)12-14-29-23(31)19-6-8-20(27)9-7-19/h4-11,17,21H,12-16,28H2,1-3H3,(H,29,31)/t17?,21-/m1/s1. The number of hydrogen-bond acceptors (Lipinski definition) is 7. The van der Waals surface area contributed by atoms with Gasteiger partial charge in [-0.1, -0.05) is 23.7 Å². The molecule has 10 heteroatoms. The third-order valence-electron chi connectivity index (χ3n) is 5.62. The number of nitrogens with zero attached hydrogens (tertiary/aromatic N) is 1. The number of benzene rings is 2. The van der Waals surface area contributed by atoms with Crippen LogP contribution in [0.3, 0.4) is 0 Å². The van der Waals surface area contributed by atoms with E-state index in [9.17, 15) is 14.4 Å². The van der Waals surface area contributed by atoms with Crippen LogP contribution in [-0.2, 0) is 20.7 Å². The highest BCUT2D eigenvalue weighted by Crippen LogP contribution is 2.21. The van der Waals surface area contributed by atoms with Crippen molar-refractivity contribution in [2.45, 2.75) is 51.5 Å². The number of ether oxygens (including phenoxy) is 3. The van der Waals surface area contributed by atoms with E-state index in [-0.39, 0.29) is 11.9 Å². The van der Waals surface area contributed by atoms with Gasteiger partial charge >= 0.3 is 12.1 Å². The van der Waals surface area contributed by atoms with Crippen molar-refractivity contribution in [3.8, 4) is 5.75 Å². The molecule has 9 nitrogen and oxygen atoms in total. The van der Waals surface area contributed by atoms with Gasteiger partial charge in [-0.3, -0.25) is 4.79 Å². The van der Waals surface area contributed by atoms with Crippen LogP contribution in [0.15, 0.2) is 48.5 Å². The summed E-state index contributed by atoms with van der Waals surface area (Å²) in [5.74, 6) is -0.368. The number of rotatable bonds is 9. The van der Waals surface area contributed by atoms with E-state index in [2.05, 4.69) is 5.32 Å². The zero-order valence-corrected chi connectivity index (χ0v) is 21.4. The fourth-order valence-corrected chi connectivity index (χ4v) is 3.70. The van der Waals surface area contributed by atoms with E-state index in [1.165, 1.54) is 11.8 Å². The van der Waals surface area contributed by atoms with Gasteiger partial charge in [0.25, 0.3) is 5.91 Å². The van der Waals surface area contributed by atoms with Gasteiger partial charge in [-0.2, -0.15) is 0 Å². The zero-order chi connectivity index (χ0) is 26.3. The van der Waals surface area contributed by atoms with E-state index in [0.29, 0.717) is 48.8 Å². The van der Waals surface area contributed by atoms with Crippen molar-refractivity contribution in [2.75, 3.05) is 19.6 Å². The Kier molecular flexibility index (Phi) is 9.17. The first-order valence-electron chi connectivity index (χ1n) is 11.8. The molecule has 1 fully saturated rings. The average Bonchev–Trinajstić information content (AvgIpc) is 3.26. The Morgan fingerprint density at radius 2 is 1.78 bits per heavy atom. The summed E-state index contributed by atoms with van der Waals surface area (Å²) in [7, 11) is 0. The molecular formula is C26H32ClN3O6. The van der Waals surface area contributed by atoms with Gasteiger partial charge in [0.1, 0.15) is 5.75 Å². The van der Waals surface area contributed by atoms with E-state index in [1.54, 1.807) is 50.2 Å². The molecule has 1 heterocycles. The number of nitrogens with two attached hydrogens (primary N) is 1. The first kappa shape index (κ1) is 27.3. The molecule has 0 radical (unpaired) electrons. The predicted molar refractivity (Wildman–Crippen MR) is 135 cm³/mol. The first-order chi connectivity index (χ1) is 17.0. The third-order valence-corrected chi connectivity index (χ3v) is 5.87. The molecule has 1 saturated heterocycles. The molecule has 2 aromatic carbocycles. The molecule has 194 valence electrons. The van der Waals surface area contributed by atoms with E-state index in [0.717, 1.165) is 5.56 Å². The number of likely N-dealkylation sites (tertiary alicyclic amines) is 1. The summed E-state index contributed by atoms with van der Waals surface area (Å²) in [5, 5.41) is 3.44. The lowest BCUT2D eigenvalue weighted by atomic mass is 10.1. The lowest BCUT2D eigenvalue weighted by Crippen LogP contribution is -2.42. The highest BCUT2D eigenvalue weighted by Gasteiger charge is 2.34. The minimum absolute atomic E-state index is 0.0674. The summed E-state index contributed by atoms with van der Waals surface area (Å²) in [6, 6.07) is 13.8. The molecule has 1 aliphatic heterocycles. The maximum absolute atomic E-state index is 12.6. The lowest BCUT2D eigenvalue weighted by molar-refractivity contribution is -0.181. The molecule has 0 aromatic heterocycles. The smallest absolute Gasteiger partial charge is 0.412 e. The van der Waals surface area contributed by atoms with E-state index in [1.807, 2.05) is 12.1 Å². The van der Waals surface area contributed by atoms with Crippen molar-refractivity contribution >= 4 is 29.6 Å². The SMILES string of the molecule is CC(OC(=O)N1CC[C@@H](N)C1)OC(=O)C(C)(C)Oc1ccc(CCNC(=O)c2ccc(Cl)cc2)cc1. The summed E-state index contributed by atoms with van der Waals surface area (Å²) in [4.78, 5) is 38.4. The quantitative estimate of drug-likeness (QED) is 0.385. The van der Waals surface area contributed by atoms with Gasteiger partial charge in [-0.25, -0.2) is 9.59 Å². The van der Waals surface area contributed by atoms with Gasteiger partial charge in [0.15, 0.2) is 5.60 Å². The highest BCUT2D eigenvalue weighted by molar-refractivity contribution is 6.30. The Morgan fingerprint density at radius 1 is 1.11 bits per heavy atom. The Morgan fingerprint density at radius 3 is 2.39 bits per heavy atom. The normalized spacial score (nSPS) is 16.2. The molecule has 0 bridgehead atoms. The minimum atomic E-state index is -1.31. The molecule has 0 saturated carbocycles. The zero-order valence-electron chi connectivity index (χ0n) is 20.7. The minimum Gasteiger partial charge on any atom is -0.476 e. The van der Waals surface area contributed by atoms with Crippen molar-refractivity contribution in [2.24, 2.45) is 5.73 Å². The molecule has 2 atom stereocenters. The Balaban J connectivity index is 1.43. The van der Waals surface area contributed by atoms with Crippen LogP contribution < -0.4 is 15.8 Å². The predicted octanol–water partition coefficient (Wildman–Crippen LogP) is 3.53. The second-order valence-electron chi connectivity index (χ2n) is 9.12. The number of halogens is 1. The highest BCUT2D eigenvalue weighted by atomic mass is 35.5. The average molecular weight is 518 g/mol. The van der Waals surface area contributed by atoms with E-state index < -0.39 is 24.0 Å². The van der Waals surface area contributed by atoms with Gasteiger partial charge in [-0.15, -0.1) is 0 Å². The number of esters is 1. The van der Waals surface area contributed by atoms with E-state index in [4.69, 9.17) is 31.5 Å². The molecule has 0 aliphatic carbocycles. The molecule has 1 unspecified atom stereocenters. The van der Waals surface area contributed by atoms with Crippen LogP contribution in [0.1, 0.15) is 43.1 Å². The van der Waals surface area contributed by atoms with E-state index >= 15 is 0 Å². The first-order valence-corrected chi connectivity index (χ1v) is 12.2. The number of carbonyl (C=O) groups excluding carboxylic acids is 3. The van der Waals surface area contributed by atoms with Crippen LogP contribution in [0.4, 0.5) is 4.79 Å². The van der Waals surface area contributed by atoms with Gasteiger partial charge in [-0.05, 0) is 68.7 Å². The van der Waals surface area contributed by atoms with Gasteiger partial charge in [0, 0.05) is 43.2 Å². The molecule has 1 aliphatic rings. The van der Waals surface area contributed by atoms with Crippen LogP contribution in [0.2, 0.25) is 5.02 Å². The second-order valence-corrected chi connectivity index (χ2v) is 9.56. The summed E-state index contributed by atoms with van der Waals surface area (Å²) >= 11 is 5.85. The summed E-state index contributed by atoms with van der Waals surface area (Å²) in [6.45, 7) is 6.01. The monoisotopic (exact) mass is 517 g/mol. The molecule has 36 heavy (non-hydrogen) atoms. The Labute approximate surface area is 215 Å². The van der Waals surface area contributed by atoms with Gasteiger partial charge in [0.2, 0.25) is 6.29 Å². The largest absolute Gasteiger partial charge is 0.476 e. The van der Waals surface area contributed by atoms with Crippen molar-refractivity contribution in [3.63, 3.8) is 0 Å². The van der Waals surface area contributed by atoms with Crippen LogP contribution in [0.25, 0.3) is 0 Å². The van der Waals surface area contributed by atoms with Crippen molar-refractivity contribution in [3.05, 3.63) is 64.7 Å². The third kappa shape index (κ3) is 7.86. The maximum Gasteiger partial charge on any atom is 0.412 e. The van der Waals surface area contributed by atoms with Crippen molar-refractivity contribution < 1.29 is 28.6 Å². The molecule has 0 spiro atoms. The van der Waals surface area contributed by atoms with Crippen LogP contribution in [0, 0.1) is 0 Å². The summed E-state index contributed by atoms with van der Waals surface area (Å²) < 4.78 is 16.3. The Hall–Kier alpha value is -3.30. The molecule has 3 rings (SSSR count). The molecule has 2 amide bonds. The number of hydrogen-bond donors (Lipinski definition) is 2. The fourth-order valence-electron chi connectivity index (χ4n) is 3.57. The van der Waals surface area contributed by atoms with Crippen LogP contribution >= 0.6 is 11.6 Å². The van der Waals surface area contributed by atoms with Crippen molar-refractivity contribution in [1.29, 1.82) is 0 Å². The molecule has 2 aromatic rings. The maximum atomic E-state index is 12.6. The molecule has 3 N–H and O–H groups in total. The molecular weight excluding hydrogens is 486 g/mol. The van der Waals surface area contributed by atoms with Gasteiger partial charge < -0.3 is 30.2 Å². The van der Waals surface area contributed by atoms with Crippen LogP contribution in [0.5, 0.6) is 5.75 Å². The topological polar surface area (TPSA) is 120 Å². The summed E-state index contributed by atoms with van der Waals surface area (Å²) in [6.07, 6.45) is -0.311. The number of amides is 2. The lowest BCUT2D eigenvalue weighted by Gasteiger charge is -2.27. The second kappa shape index (κ2) is 12.1. The van der Waals surface area contributed by atoms with Crippen molar-refractivity contribution in [1.82, 2.24) is 10.2 Å².